The van der Waals surface area contributed by atoms with Gasteiger partial charge in [-0.25, -0.2) is 0 Å². The summed E-state index contributed by atoms with van der Waals surface area (Å²) in [5.74, 6) is 0. The van der Waals surface area contributed by atoms with E-state index in [0.717, 1.165) is 11.1 Å². The summed E-state index contributed by atoms with van der Waals surface area (Å²) in [5.41, 5.74) is 1.88. The van der Waals surface area contributed by atoms with E-state index >= 15 is 0 Å². The summed E-state index contributed by atoms with van der Waals surface area (Å²) < 4.78 is 21.1. The van der Waals surface area contributed by atoms with Crippen molar-refractivity contribution < 1.29 is 27.6 Å². The van der Waals surface area contributed by atoms with E-state index in [2.05, 4.69) is 0 Å². The molecule has 0 bridgehead atoms. The topological polar surface area (TPSA) is 40.1 Å². The van der Waals surface area contributed by atoms with Gasteiger partial charge in [-0.3, -0.25) is 4.21 Å². The molecule has 1 aromatic carbocycles. The van der Waals surface area contributed by atoms with E-state index in [4.69, 9.17) is 0 Å². The number of aryl methyl sites for hydroxylation is 2. The van der Waals surface area contributed by atoms with Crippen molar-refractivity contribution in [1.29, 1.82) is 0 Å². The van der Waals surface area contributed by atoms with Gasteiger partial charge in [0.25, 0.3) is 0 Å². The molecule has 0 heterocycles. The fraction of sp³-hybridized carbons (Fsp3) is 0.250. The Labute approximate surface area is 86.8 Å². The minimum atomic E-state index is -2.10. The van der Waals surface area contributed by atoms with Gasteiger partial charge in [0.05, 0.1) is 0 Å². The number of hydrogen-bond acceptors (Lipinski definition) is 2. The smallest absolute Gasteiger partial charge is 0.768 e. The van der Waals surface area contributed by atoms with E-state index in [1.54, 1.807) is 19.1 Å². The summed E-state index contributed by atoms with van der Waals surface area (Å²) in [6, 6.07) is 5.26. The molecule has 1 aromatic rings. The van der Waals surface area contributed by atoms with Crippen LogP contribution in [-0.4, -0.2) is 8.76 Å². The molecular weight excluding hydrogens is 167 g/mol. The molecule has 2 nitrogen and oxygen atoms in total. The van der Waals surface area contributed by atoms with Gasteiger partial charge in [-0.1, -0.05) is 17.7 Å². The van der Waals surface area contributed by atoms with Crippen molar-refractivity contribution in [3.05, 3.63) is 29.3 Å². The summed E-state index contributed by atoms with van der Waals surface area (Å²) in [6.45, 7) is 3.72. The Morgan fingerprint density at radius 2 is 1.92 bits per heavy atom. The van der Waals surface area contributed by atoms with Crippen LogP contribution in [0, 0.1) is 13.8 Å². The molecule has 0 fully saturated rings. The molecule has 0 aromatic heterocycles. The molecule has 1 atom stereocenters. The van der Waals surface area contributed by atoms with Crippen LogP contribution in [0.4, 0.5) is 0 Å². The van der Waals surface area contributed by atoms with Crippen LogP contribution < -0.4 is 18.9 Å². The predicted molar refractivity (Wildman–Crippen MR) is 43.1 cm³/mol. The maximum Gasteiger partial charge on any atom is 1.00 e. The van der Waals surface area contributed by atoms with Crippen LogP contribution in [0.25, 0.3) is 0 Å². The average molecular weight is 176 g/mol. The average Bonchev–Trinajstić information content (AvgIpc) is 1.85. The Morgan fingerprint density at radius 1 is 1.33 bits per heavy atom. The number of benzene rings is 1. The Kier molecular flexibility index (Phi) is 4.80. The minimum absolute atomic E-state index is 0. The van der Waals surface area contributed by atoms with Crippen molar-refractivity contribution in [2.45, 2.75) is 18.7 Å². The molecule has 12 heavy (non-hydrogen) atoms. The zero-order valence-corrected chi connectivity index (χ0v) is 8.27. The zero-order chi connectivity index (χ0) is 8.43. The standard InChI is InChI=1S/C8H10O2S.Li/c1-6-3-4-8(11(9)10)7(2)5-6;/h3-5H,1-2H3,(H,9,10);/q;+1/p-1. The molecular formula is C8H9LiO2S. The molecule has 0 saturated carbocycles. The van der Waals surface area contributed by atoms with Gasteiger partial charge < -0.3 is 4.55 Å². The second-order valence-corrected chi connectivity index (χ2v) is 3.41. The molecule has 0 aliphatic heterocycles. The van der Waals surface area contributed by atoms with Gasteiger partial charge in [-0.05, 0) is 36.6 Å². The Morgan fingerprint density at radius 3 is 2.33 bits per heavy atom. The second-order valence-electron chi connectivity index (χ2n) is 2.50. The van der Waals surface area contributed by atoms with Crippen LogP contribution in [0.1, 0.15) is 11.1 Å². The van der Waals surface area contributed by atoms with E-state index in [9.17, 15) is 8.76 Å². The molecule has 4 heteroatoms. The summed E-state index contributed by atoms with van der Waals surface area (Å²) in [7, 11) is 0. The largest absolute Gasteiger partial charge is 1.00 e. The van der Waals surface area contributed by atoms with Crippen molar-refractivity contribution in [3.63, 3.8) is 0 Å². The fourth-order valence-corrected chi connectivity index (χ4v) is 1.49. The van der Waals surface area contributed by atoms with Gasteiger partial charge in [0.15, 0.2) is 0 Å². The van der Waals surface area contributed by atoms with Gasteiger partial charge in [0.1, 0.15) is 0 Å². The summed E-state index contributed by atoms with van der Waals surface area (Å²) in [5, 5.41) is 0. The monoisotopic (exact) mass is 176 g/mol. The molecule has 0 amide bonds. The molecule has 0 aliphatic rings. The maximum atomic E-state index is 10.5. The van der Waals surface area contributed by atoms with Gasteiger partial charge in [-0.15, -0.1) is 0 Å². The van der Waals surface area contributed by atoms with E-state index in [0.29, 0.717) is 4.90 Å². The van der Waals surface area contributed by atoms with Crippen molar-refractivity contribution in [2.75, 3.05) is 0 Å². The van der Waals surface area contributed by atoms with Gasteiger partial charge in [0, 0.05) is 4.90 Å². The molecule has 0 spiro atoms. The predicted octanol–water partition coefficient (Wildman–Crippen LogP) is -1.45. The first kappa shape index (κ1) is 11.9. The van der Waals surface area contributed by atoms with Crippen LogP contribution in [0.5, 0.6) is 0 Å². The van der Waals surface area contributed by atoms with E-state index in [-0.39, 0.29) is 18.9 Å². The zero-order valence-electron chi connectivity index (χ0n) is 7.46. The van der Waals surface area contributed by atoms with Crippen LogP contribution in [0.15, 0.2) is 23.1 Å². The van der Waals surface area contributed by atoms with Gasteiger partial charge >= 0.3 is 18.9 Å². The summed E-state index contributed by atoms with van der Waals surface area (Å²) in [4.78, 5) is 0.385. The van der Waals surface area contributed by atoms with Gasteiger partial charge in [0.2, 0.25) is 0 Å². The fourth-order valence-electron chi connectivity index (χ4n) is 0.986. The second kappa shape index (κ2) is 4.83. The summed E-state index contributed by atoms with van der Waals surface area (Å²) >= 11 is -2.10. The molecule has 60 valence electrons. The minimum Gasteiger partial charge on any atom is -0.768 e. The van der Waals surface area contributed by atoms with Crippen LogP contribution in [0.3, 0.4) is 0 Å². The maximum absolute atomic E-state index is 10.5. The van der Waals surface area contributed by atoms with Crippen molar-refractivity contribution in [3.8, 4) is 0 Å². The van der Waals surface area contributed by atoms with E-state index < -0.39 is 11.1 Å². The number of rotatable bonds is 1. The van der Waals surface area contributed by atoms with E-state index in [1.807, 2.05) is 13.0 Å². The quantitative estimate of drug-likeness (QED) is 0.388. The Hall–Kier alpha value is -0.0726. The Bertz CT molecular complexity index is 299. The SMILES string of the molecule is Cc1ccc(S(=O)[O-])c(C)c1.[Li+]. The van der Waals surface area contributed by atoms with Crippen molar-refractivity contribution in [1.82, 2.24) is 0 Å². The first-order valence-corrected chi connectivity index (χ1v) is 4.35. The van der Waals surface area contributed by atoms with Crippen LogP contribution >= 0.6 is 0 Å². The molecule has 0 radical (unpaired) electrons. The van der Waals surface area contributed by atoms with Crippen molar-refractivity contribution in [2.24, 2.45) is 0 Å². The van der Waals surface area contributed by atoms with Crippen LogP contribution in [0.2, 0.25) is 0 Å². The molecule has 0 aliphatic carbocycles. The summed E-state index contributed by atoms with van der Waals surface area (Å²) in [6.07, 6.45) is 0. The third kappa shape index (κ3) is 2.76. The third-order valence-electron chi connectivity index (χ3n) is 1.51. The first-order valence-electron chi connectivity index (χ1n) is 3.28. The number of hydrogen-bond donors (Lipinski definition) is 0. The van der Waals surface area contributed by atoms with Gasteiger partial charge in [-0.2, -0.15) is 0 Å². The normalized spacial score (nSPS) is 11.9. The Balaban J connectivity index is 0.00000121. The third-order valence-corrected chi connectivity index (χ3v) is 2.33. The molecule has 1 rings (SSSR count). The molecule has 0 N–H and O–H groups in total. The van der Waals surface area contributed by atoms with Crippen molar-refractivity contribution >= 4 is 11.1 Å². The van der Waals surface area contributed by atoms with E-state index in [1.165, 1.54) is 0 Å². The molecule has 0 saturated heterocycles. The van der Waals surface area contributed by atoms with Crippen LogP contribution in [-0.2, 0) is 11.1 Å². The first-order chi connectivity index (χ1) is 5.11. The molecule has 1 unspecified atom stereocenters.